The molecule has 0 radical (unpaired) electrons. The highest BCUT2D eigenvalue weighted by molar-refractivity contribution is 5.73. The lowest BCUT2D eigenvalue weighted by Crippen LogP contribution is -2.17. The lowest BCUT2D eigenvalue weighted by atomic mass is 9.82. The molecule has 17 heavy (non-hydrogen) atoms. The predicted octanol–water partition coefficient (Wildman–Crippen LogP) is 2.94. The fourth-order valence-electron chi connectivity index (χ4n) is 2.37. The van der Waals surface area contributed by atoms with Crippen LogP contribution in [0.4, 0.5) is 0 Å². The second kappa shape index (κ2) is 5.94. The van der Waals surface area contributed by atoms with Crippen molar-refractivity contribution in [2.75, 3.05) is 0 Å². The zero-order chi connectivity index (χ0) is 12.1. The van der Waals surface area contributed by atoms with Crippen LogP contribution >= 0.6 is 0 Å². The maximum Gasteiger partial charge on any atom is 0.172 e. The third-order valence-electron chi connectivity index (χ3n) is 3.63. The molecule has 94 valence electrons. The van der Waals surface area contributed by atoms with Gasteiger partial charge in [-0.1, -0.05) is 37.8 Å². The molecule has 1 aromatic heterocycles. The summed E-state index contributed by atoms with van der Waals surface area (Å²) in [5, 5.41) is 8.10. The van der Waals surface area contributed by atoms with Crippen LogP contribution < -0.4 is 0 Å². The Morgan fingerprint density at radius 1 is 1.35 bits per heavy atom. The van der Waals surface area contributed by atoms with E-state index in [0.717, 1.165) is 24.9 Å². The van der Waals surface area contributed by atoms with Gasteiger partial charge >= 0.3 is 0 Å². The van der Waals surface area contributed by atoms with Crippen LogP contribution in [0, 0.1) is 0 Å². The first-order chi connectivity index (χ1) is 8.36. The van der Waals surface area contributed by atoms with Crippen molar-refractivity contribution in [1.82, 2.24) is 15.0 Å². The van der Waals surface area contributed by atoms with Crippen molar-refractivity contribution in [3.63, 3.8) is 0 Å². The number of hydrogen-bond donors (Lipinski definition) is 0. The van der Waals surface area contributed by atoms with Crippen molar-refractivity contribution in [3.05, 3.63) is 11.4 Å². The van der Waals surface area contributed by atoms with E-state index in [-0.39, 0.29) is 0 Å². The van der Waals surface area contributed by atoms with Gasteiger partial charge in [0.05, 0.1) is 5.69 Å². The first-order valence-corrected chi connectivity index (χ1v) is 6.75. The van der Waals surface area contributed by atoms with E-state index in [1.54, 1.807) is 0 Å². The summed E-state index contributed by atoms with van der Waals surface area (Å²) in [6, 6.07) is 0. The van der Waals surface area contributed by atoms with Crippen LogP contribution in [0.5, 0.6) is 0 Å². The molecule has 0 atom stereocenters. The molecule has 0 aromatic carbocycles. The fraction of sp³-hybridized carbons (Fsp3) is 0.769. The number of aromatic nitrogens is 3. The number of rotatable bonds is 7. The molecule has 0 spiro atoms. The van der Waals surface area contributed by atoms with E-state index in [4.69, 9.17) is 0 Å². The number of aldehydes is 1. The van der Waals surface area contributed by atoms with Crippen LogP contribution in [0.3, 0.4) is 0 Å². The summed E-state index contributed by atoms with van der Waals surface area (Å²) in [5.74, 6) is 0.524. The van der Waals surface area contributed by atoms with E-state index in [1.165, 1.54) is 38.5 Å². The Hall–Kier alpha value is -1.19. The SMILES string of the molecule is CCCCCCn1nnc(C=O)c1C1CCC1. The van der Waals surface area contributed by atoms with Crippen LogP contribution in [-0.4, -0.2) is 21.3 Å². The Balaban J connectivity index is 2.00. The van der Waals surface area contributed by atoms with Crippen LogP contribution in [0.2, 0.25) is 0 Å². The van der Waals surface area contributed by atoms with Crippen molar-refractivity contribution in [3.8, 4) is 0 Å². The molecular weight excluding hydrogens is 214 g/mol. The zero-order valence-corrected chi connectivity index (χ0v) is 10.6. The van der Waals surface area contributed by atoms with Gasteiger partial charge in [0, 0.05) is 12.5 Å². The van der Waals surface area contributed by atoms with E-state index in [0.29, 0.717) is 11.6 Å². The lowest BCUT2D eigenvalue weighted by molar-refractivity contribution is 0.111. The number of unbranched alkanes of at least 4 members (excludes halogenated alkanes) is 3. The Kier molecular flexibility index (Phi) is 4.29. The van der Waals surface area contributed by atoms with Crippen molar-refractivity contribution < 1.29 is 4.79 Å². The Morgan fingerprint density at radius 2 is 2.18 bits per heavy atom. The van der Waals surface area contributed by atoms with E-state index >= 15 is 0 Å². The fourth-order valence-corrected chi connectivity index (χ4v) is 2.37. The minimum Gasteiger partial charge on any atom is -0.296 e. The monoisotopic (exact) mass is 235 g/mol. The topological polar surface area (TPSA) is 47.8 Å². The standard InChI is InChI=1S/C13H21N3O/c1-2-3-4-5-9-16-13(11-7-6-8-11)12(10-17)14-15-16/h10-11H,2-9H2,1H3. The van der Waals surface area contributed by atoms with Crippen LogP contribution in [0.1, 0.15) is 74.0 Å². The number of hydrogen-bond acceptors (Lipinski definition) is 3. The summed E-state index contributed by atoms with van der Waals surface area (Å²) in [6.45, 7) is 3.12. The third kappa shape index (κ3) is 2.73. The molecule has 0 amide bonds. The molecule has 1 saturated carbocycles. The second-order valence-corrected chi connectivity index (χ2v) is 4.89. The maximum absolute atomic E-state index is 10.9. The first kappa shape index (κ1) is 12.3. The number of carbonyl (C=O) groups excluding carboxylic acids is 1. The smallest absolute Gasteiger partial charge is 0.172 e. The summed E-state index contributed by atoms with van der Waals surface area (Å²) in [6.07, 6.45) is 9.37. The van der Waals surface area contributed by atoms with E-state index in [2.05, 4.69) is 17.2 Å². The molecule has 1 aliphatic rings. The summed E-state index contributed by atoms with van der Waals surface area (Å²) < 4.78 is 1.96. The number of aryl methyl sites for hydroxylation is 1. The average molecular weight is 235 g/mol. The summed E-state index contributed by atoms with van der Waals surface area (Å²) in [5.41, 5.74) is 1.65. The van der Waals surface area contributed by atoms with Gasteiger partial charge in [0.2, 0.25) is 0 Å². The van der Waals surface area contributed by atoms with Crippen molar-refractivity contribution in [1.29, 1.82) is 0 Å². The summed E-state index contributed by atoms with van der Waals surface area (Å²) in [7, 11) is 0. The van der Waals surface area contributed by atoms with Gasteiger partial charge in [-0.15, -0.1) is 5.10 Å². The highest BCUT2D eigenvalue weighted by Gasteiger charge is 2.27. The summed E-state index contributed by atoms with van der Waals surface area (Å²) in [4.78, 5) is 10.9. The van der Waals surface area contributed by atoms with E-state index < -0.39 is 0 Å². The highest BCUT2D eigenvalue weighted by atomic mass is 16.1. The molecule has 0 unspecified atom stereocenters. The van der Waals surface area contributed by atoms with Crippen LogP contribution in [-0.2, 0) is 6.54 Å². The predicted molar refractivity (Wildman–Crippen MR) is 66.1 cm³/mol. The van der Waals surface area contributed by atoms with Crippen molar-refractivity contribution in [2.45, 2.75) is 64.3 Å². The molecule has 0 saturated heterocycles. The third-order valence-corrected chi connectivity index (χ3v) is 3.63. The zero-order valence-electron chi connectivity index (χ0n) is 10.6. The molecule has 0 bridgehead atoms. The van der Waals surface area contributed by atoms with Crippen molar-refractivity contribution >= 4 is 6.29 Å². The molecule has 0 aliphatic heterocycles. The second-order valence-electron chi connectivity index (χ2n) is 4.89. The van der Waals surface area contributed by atoms with Gasteiger partial charge in [-0.25, -0.2) is 4.68 Å². The number of nitrogens with zero attached hydrogens (tertiary/aromatic N) is 3. The van der Waals surface area contributed by atoms with Gasteiger partial charge in [0.25, 0.3) is 0 Å². The Bertz CT molecular complexity index is 369. The van der Waals surface area contributed by atoms with Gasteiger partial charge in [-0.05, 0) is 19.3 Å². The molecule has 0 N–H and O–H groups in total. The molecular formula is C13H21N3O. The lowest BCUT2D eigenvalue weighted by Gasteiger charge is -2.26. The minimum atomic E-state index is 0.524. The molecule has 1 aromatic rings. The van der Waals surface area contributed by atoms with Crippen LogP contribution in [0.25, 0.3) is 0 Å². The largest absolute Gasteiger partial charge is 0.296 e. The van der Waals surface area contributed by atoms with Gasteiger partial charge in [0.15, 0.2) is 6.29 Å². The van der Waals surface area contributed by atoms with Gasteiger partial charge in [-0.2, -0.15) is 0 Å². The Morgan fingerprint density at radius 3 is 2.76 bits per heavy atom. The molecule has 4 nitrogen and oxygen atoms in total. The van der Waals surface area contributed by atoms with Crippen LogP contribution in [0.15, 0.2) is 0 Å². The van der Waals surface area contributed by atoms with Gasteiger partial charge < -0.3 is 0 Å². The minimum absolute atomic E-state index is 0.524. The molecule has 1 aliphatic carbocycles. The highest BCUT2D eigenvalue weighted by Crippen LogP contribution is 2.37. The Labute approximate surface area is 102 Å². The first-order valence-electron chi connectivity index (χ1n) is 6.75. The quantitative estimate of drug-likeness (QED) is 0.539. The van der Waals surface area contributed by atoms with Crippen molar-refractivity contribution in [2.24, 2.45) is 0 Å². The van der Waals surface area contributed by atoms with Gasteiger partial charge in [0.1, 0.15) is 5.69 Å². The molecule has 1 fully saturated rings. The number of carbonyl (C=O) groups is 1. The summed E-state index contributed by atoms with van der Waals surface area (Å²) >= 11 is 0. The van der Waals surface area contributed by atoms with Gasteiger partial charge in [-0.3, -0.25) is 4.79 Å². The molecule has 2 rings (SSSR count). The molecule has 4 heteroatoms. The molecule has 1 heterocycles. The van der Waals surface area contributed by atoms with E-state index in [1.807, 2.05) is 4.68 Å². The average Bonchev–Trinajstić information content (AvgIpc) is 2.66. The normalized spacial score (nSPS) is 15.8. The van der Waals surface area contributed by atoms with E-state index in [9.17, 15) is 4.79 Å². The maximum atomic E-state index is 10.9.